The van der Waals surface area contributed by atoms with Gasteiger partial charge in [-0.25, -0.2) is 4.79 Å². The maximum Gasteiger partial charge on any atom is 0.407 e. The average Bonchev–Trinajstić information content (AvgIpc) is 2.92. The van der Waals surface area contributed by atoms with Crippen LogP contribution < -0.4 is 5.32 Å². The number of rotatable bonds is 6. The summed E-state index contributed by atoms with van der Waals surface area (Å²) in [6, 6.07) is 16.1. The van der Waals surface area contributed by atoms with Crippen LogP contribution in [0.4, 0.5) is 4.79 Å². The van der Waals surface area contributed by atoms with Gasteiger partial charge in [0.1, 0.15) is 6.61 Å². The molecule has 25 heavy (non-hydrogen) atoms. The van der Waals surface area contributed by atoms with Gasteiger partial charge in [-0.05, 0) is 35.6 Å². The third-order valence-electron chi connectivity index (χ3n) is 4.50. The summed E-state index contributed by atoms with van der Waals surface area (Å²) in [7, 11) is 0. The van der Waals surface area contributed by atoms with Crippen LogP contribution in [0.15, 0.2) is 48.5 Å². The second-order valence-electron chi connectivity index (χ2n) is 6.30. The van der Waals surface area contributed by atoms with E-state index in [1.165, 1.54) is 11.1 Å². The van der Waals surface area contributed by atoms with Crippen LogP contribution in [-0.4, -0.2) is 29.8 Å². The van der Waals surface area contributed by atoms with Gasteiger partial charge in [0.2, 0.25) is 0 Å². The lowest BCUT2D eigenvalue weighted by Gasteiger charge is -2.16. The number of aliphatic carboxylic acids is 1. The Morgan fingerprint density at radius 2 is 1.64 bits per heavy atom. The van der Waals surface area contributed by atoms with Gasteiger partial charge in [0.15, 0.2) is 0 Å². The van der Waals surface area contributed by atoms with Crippen LogP contribution in [0, 0.1) is 0 Å². The molecule has 0 aliphatic heterocycles. The highest BCUT2D eigenvalue weighted by Crippen LogP contribution is 2.44. The summed E-state index contributed by atoms with van der Waals surface area (Å²) < 4.78 is 5.42. The van der Waals surface area contributed by atoms with Gasteiger partial charge in [0, 0.05) is 18.4 Å². The summed E-state index contributed by atoms with van der Waals surface area (Å²) in [5, 5.41) is 11.4. The van der Waals surface area contributed by atoms with E-state index >= 15 is 0 Å². The molecule has 0 saturated heterocycles. The summed E-state index contributed by atoms with van der Waals surface area (Å²) in [6.07, 6.45) is -0.121. The molecule has 130 valence electrons. The van der Waals surface area contributed by atoms with E-state index in [2.05, 4.69) is 29.6 Å². The molecule has 0 fully saturated rings. The van der Waals surface area contributed by atoms with Crippen molar-refractivity contribution < 1.29 is 19.4 Å². The number of ether oxygens (including phenoxy) is 1. The lowest BCUT2D eigenvalue weighted by atomic mass is 9.98. The van der Waals surface area contributed by atoms with Gasteiger partial charge in [-0.15, -0.1) is 0 Å². The first-order valence-electron chi connectivity index (χ1n) is 8.39. The van der Waals surface area contributed by atoms with Gasteiger partial charge < -0.3 is 15.2 Å². The molecule has 1 aliphatic carbocycles. The van der Waals surface area contributed by atoms with Crippen molar-refractivity contribution in [3.63, 3.8) is 0 Å². The monoisotopic (exact) mass is 339 g/mol. The molecule has 1 aliphatic rings. The molecule has 1 atom stereocenters. The quantitative estimate of drug-likeness (QED) is 0.840. The highest BCUT2D eigenvalue weighted by Gasteiger charge is 2.29. The molecule has 2 aromatic carbocycles. The molecule has 5 heteroatoms. The molecule has 2 aromatic rings. The molecule has 0 bridgehead atoms. The number of amides is 1. The Balaban J connectivity index is 1.63. The van der Waals surface area contributed by atoms with E-state index in [0.29, 0.717) is 6.42 Å². The number of benzene rings is 2. The zero-order valence-electron chi connectivity index (χ0n) is 14.1. The van der Waals surface area contributed by atoms with E-state index < -0.39 is 12.1 Å². The lowest BCUT2D eigenvalue weighted by Crippen LogP contribution is -2.34. The summed E-state index contributed by atoms with van der Waals surface area (Å²) in [5.41, 5.74) is 4.69. The van der Waals surface area contributed by atoms with Crippen molar-refractivity contribution in [3.8, 4) is 11.1 Å². The normalized spacial score (nSPS) is 13.6. The molecule has 2 N–H and O–H groups in total. The van der Waals surface area contributed by atoms with Crippen molar-refractivity contribution in [2.75, 3.05) is 6.61 Å². The number of carbonyl (C=O) groups is 2. The Morgan fingerprint density at radius 1 is 1.08 bits per heavy atom. The molecule has 0 saturated carbocycles. The standard InChI is InChI=1S/C20H21NO4/c1-13(10-11-19(22)23)21-20(24)25-12-18-16-8-4-2-6-14(16)15-7-3-5-9-17(15)18/h2-9,13,18H,10-12H2,1H3,(H,21,24)(H,22,23)/t13-/m1/s1. The molecule has 5 nitrogen and oxygen atoms in total. The zero-order valence-corrected chi connectivity index (χ0v) is 14.1. The minimum atomic E-state index is -0.874. The highest BCUT2D eigenvalue weighted by atomic mass is 16.5. The van der Waals surface area contributed by atoms with Crippen LogP contribution in [0.2, 0.25) is 0 Å². The predicted molar refractivity (Wildman–Crippen MR) is 94.5 cm³/mol. The maximum atomic E-state index is 12.0. The number of alkyl carbamates (subject to hydrolysis) is 1. The third-order valence-corrected chi connectivity index (χ3v) is 4.50. The first-order chi connectivity index (χ1) is 12.1. The fourth-order valence-corrected chi connectivity index (χ4v) is 3.25. The summed E-state index contributed by atoms with van der Waals surface area (Å²) in [5.74, 6) is -0.853. The number of carbonyl (C=O) groups excluding carboxylic acids is 1. The second kappa shape index (κ2) is 7.38. The van der Waals surface area contributed by atoms with E-state index in [9.17, 15) is 9.59 Å². The zero-order chi connectivity index (χ0) is 17.8. The lowest BCUT2D eigenvalue weighted by molar-refractivity contribution is -0.137. The SMILES string of the molecule is C[C@H](CCC(=O)O)NC(=O)OCC1c2ccccc2-c2ccccc21. The van der Waals surface area contributed by atoms with Crippen molar-refractivity contribution in [1.29, 1.82) is 0 Å². The summed E-state index contributed by atoms with van der Waals surface area (Å²) in [6.45, 7) is 2.02. The Hall–Kier alpha value is -2.82. The smallest absolute Gasteiger partial charge is 0.407 e. The number of fused-ring (bicyclic) bond motifs is 3. The van der Waals surface area contributed by atoms with Crippen molar-refractivity contribution in [1.82, 2.24) is 5.32 Å². The molecular weight excluding hydrogens is 318 g/mol. The highest BCUT2D eigenvalue weighted by molar-refractivity contribution is 5.79. The fourth-order valence-electron chi connectivity index (χ4n) is 3.25. The number of nitrogens with one attached hydrogen (secondary N) is 1. The average molecular weight is 339 g/mol. The Labute approximate surface area is 146 Å². The van der Waals surface area contributed by atoms with Gasteiger partial charge in [-0.3, -0.25) is 4.79 Å². The van der Waals surface area contributed by atoms with E-state index in [-0.39, 0.29) is 25.0 Å². The molecule has 0 heterocycles. The van der Waals surface area contributed by atoms with Gasteiger partial charge in [-0.1, -0.05) is 48.5 Å². The largest absolute Gasteiger partial charge is 0.481 e. The molecule has 0 aromatic heterocycles. The summed E-state index contributed by atoms with van der Waals surface area (Å²) in [4.78, 5) is 22.6. The Kier molecular flexibility index (Phi) is 5.03. The van der Waals surface area contributed by atoms with Crippen LogP contribution in [0.3, 0.4) is 0 Å². The van der Waals surface area contributed by atoms with Crippen LogP contribution in [0.1, 0.15) is 36.8 Å². The molecule has 0 spiro atoms. The number of hydrogen-bond acceptors (Lipinski definition) is 3. The topological polar surface area (TPSA) is 75.6 Å². The van der Waals surface area contributed by atoms with E-state index in [0.717, 1.165) is 11.1 Å². The van der Waals surface area contributed by atoms with E-state index in [4.69, 9.17) is 9.84 Å². The van der Waals surface area contributed by atoms with Gasteiger partial charge in [0.25, 0.3) is 0 Å². The van der Waals surface area contributed by atoms with Crippen LogP contribution >= 0.6 is 0 Å². The van der Waals surface area contributed by atoms with Crippen LogP contribution in [-0.2, 0) is 9.53 Å². The molecule has 1 amide bonds. The van der Waals surface area contributed by atoms with Gasteiger partial charge in [0.05, 0.1) is 0 Å². The molecule has 3 rings (SSSR count). The van der Waals surface area contributed by atoms with Crippen molar-refractivity contribution >= 4 is 12.1 Å². The first kappa shape index (κ1) is 17.0. The predicted octanol–water partition coefficient (Wildman–Crippen LogP) is 3.78. The maximum absolute atomic E-state index is 12.0. The van der Waals surface area contributed by atoms with E-state index in [1.807, 2.05) is 24.3 Å². The van der Waals surface area contributed by atoms with Crippen LogP contribution in [0.5, 0.6) is 0 Å². The first-order valence-corrected chi connectivity index (χ1v) is 8.39. The fraction of sp³-hybridized carbons (Fsp3) is 0.300. The third kappa shape index (κ3) is 3.82. The van der Waals surface area contributed by atoms with Crippen LogP contribution in [0.25, 0.3) is 11.1 Å². The van der Waals surface area contributed by atoms with Crippen molar-refractivity contribution in [2.24, 2.45) is 0 Å². The summed E-state index contributed by atoms with van der Waals surface area (Å²) >= 11 is 0. The van der Waals surface area contributed by atoms with Crippen molar-refractivity contribution in [2.45, 2.75) is 31.7 Å². The van der Waals surface area contributed by atoms with Crippen molar-refractivity contribution in [3.05, 3.63) is 59.7 Å². The molecule has 0 radical (unpaired) electrons. The van der Waals surface area contributed by atoms with Gasteiger partial charge >= 0.3 is 12.1 Å². The second-order valence-corrected chi connectivity index (χ2v) is 6.30. The van der Waals surface area contributed by atoms with E-state index in [1.54, 1.807) is 6.92 Å². The minimum Gasteiger partial charge on any atom is -0.481 e. The molecule has 0 unspecified atom stereocenters. The Morgan fingerprint density at radius 3 is 2.20 bits per heavy atom. The minimum absolute atomic E-state index is 0.0187. The molecular formula is C20H21NO4. The Bertz CT molecular complexity index is 741. The van der Waals surface area contributed by atoms with Gasteiger partial charge in [-0.2, -0.15) is 0 Å². The number of carboxylic acids is 1. The number of hydrogen-bond donors (Lipinski definition) is 2. The number of carboxylic acid groups (broad SMARTS) is 1.